The van der Waals surface area contributed by atoms with E-state index in [9.17, 15) is 16.8 Å². The number of hydrogen-bond acceptors (Lipinski definition) is 6. The Morgan fingerprint density at radius 3 is 2.20 bits per heavy atom. The predicted molar refractivity (Wildman–Crippen MR) is 48.0 cm³/mol. The largest absolute Gasteiger partial charge is 0.332 e. The highest BCUT2D eigenvalue weighted by Crippen LogP contribution is 2.05. The Labute approximate surface area is 86.1 Å². The molecule has 0 aliphatic heterocycles. The lowest BCUT2D eigenvalue weighted by atomic mass is 10.8. The van der Waals surface area contributed by atoms with E-state index in [2.05, 4.69) is 10.1 Å². The Morgan fingerprint density at radius 2 is 1.87 bits per heavy atom. The van der Waals surface area contributed by atoms with Crippen LogP contribution in [-0.4, -0.2) is 42.6 Å². The van der Waals surface area contributed by atoms with Crippen LogP contribution in [0.15, 0.2) is 5.16 Å². The van der Waals surface area contributed by atoms with Crippen molar-refractivity contribution in [3.63, 3.8) is 0 Å². The van der Waals surface area contributed by atoms with Crippen LogP contribution in [-0.2, 0) is 20.3 Å². The minimum atomic E-state index is -4.61. The molecule has 0 fully saturated rings. The van der Waals surface area contributed by atoms with Crippen molar-refractivity contribution in [3.05, 3.63) is 5.82 Å². The fourth-order valence-corrected chi connectivity index (χ4v) is 2.01. The molecule has 0 aliphatic carbocycles. The number of nitrogens with one attached hydrogen (secondary N) is 1. The molecule has 0 aromatic carbocycles. The Balaban J connectivity index is 3.44. The maximum atomic E-state index is 11.2. The van der Waals surface area contributed by atoms with Crippen LogP contribution in [0.5, 0.6) is 0 Å². The van der Waals surface area contributed by atoms with Crippen LogP contribution < -0.4 is 4.72 Å². The van der Waals surface area contributed by atoms with Crippen LogP contribution in [0.2, 0.25) is 0 Å². The summed E-state index contributed by atoms with van der Waals surface area (Å²) in [5.41, 5.74) is 0. The van der Waals surface area contributed by atoms with Gasteiger partial charge in [0.2, 0.25) is 0 Å². The highest BCUT2D eigenvalue weighted by atomic mass is 32.2. The minimum Gasteiger partial charge on any atom is -0.279 e. The summed E-state index contributed by atoms with van der Waals surface area (Å²) in [5, 5.41) is 2.18. The second-order valence-electron chi connectivity index (χ2n) is 2.47. The van der Waals surface area contributed by atoms with Gasteiger partial charge in [0.1, 0.15) is 5.82 Å². The number of aromatic nitrogens is 3. The Bertz CT molecular complexity index is 570. The van der Waals surface area contributed by atoms with E-state index in [4.69, 9.17) is 4.55 Å². The van der Waals surface area contributed by atoms with Gasteiger partial charge in [-0.25, -0.2) is 0 Å². The lowest BCUT2D eigenvalue weighted by molar-refractivity contribution is 0.474. The summed E-state index contributed by atoms with van der Waals surface area (Å²) in [6.07, 6.45) is 0. The fraction of sp³-hybridized carbons (Fsp3) is 0.500. The molecule has 0 bridgehead atoms. The first-order valence-electron chi connectivity index (χ1n) is 3.53. The van der Waals surface area contributed by atoms with Crippen LogP contribution in [0.25, 0.3) is 0 Å². The third-order valence-electron chi connectivity index (χ3n) is 1.43. The summed E-state index contributed by atoms with van der Waals surface area (Å²) in [6.45, 7) is 1.23. The number of nitrogens with zero attached hydrogens (tertiary/aromatic N) is 3. The van der Waals surface area contributed by atoms with E-state index in [1.54, 1.807) is 0 Å². The summed E-state index contributed by atoms with van der Waals surface area (Å²) in [6, 6.07) is 0. The zero-order chi connectivity index (χ0) is 11.9. The van der Waals surface area contributed by atoms with Crippen LogP contribution in [0.3, 0.4) is 0 Å². The Morgan fingerprint density at radius 1 is 1.33 bits per heavy atom. The molecular weight excluding hydrogens is 248 g/mol. The van der Waals surface area contributed by atoms with Crippen LogP contribution in [0.1, 0.15) is 5.82 Å². The first kappa shape index (κ1) is 12.0. The molecule has 15 heavy (non-hydrogen) atoms. The van der Waals surface area contributed by atoms with Crippen molar-refractivity contribution < 1.29 is 21.4 Å². The van der Waals surface area contributed by atoms with Crippen molar-refractivity contribution in [1.29, 1.82) is 0 Å². The molecule has 0 spiro atoms. The molecule has 0 unspecified atom stereocenters. The van der Waals surface area contributed by atoms with Crippen molar-refractivity contribution >= 4 is 20.3 Å². The minimum absolute atomic E-state index is 0.183. The average molecular weight is 256 g/mol. The zero-order valence-corrected chi connectivity index (χ0v) is 9.37. The fourth-order valence-electron chi connectivity index (χ4n) is 0.777. The van der Waals surface area contributed by atoms with E-state index in [0.29, 0.717) is 4.09 Å². The first-order valence-corrected chi connectivity index (χ1v) is 6.41. The number of hydrogen-bond donors (Lipinski definition) is 2. The molecule has 0 amide bonds. The quantitative estimate of drug-likeness (QED) is 0.606. The predicted octanol–water partition coefficient (Wildman–Crippen LogP) is -1.85. The van der Waals surface area contributed by atoms with Gasteiger partial charge >= 0.3 is 20.3 Å². The third kappa shape index (κ3) is 2.31. The Kier molecular flexibility index (Phi) is 2.82. The van der Waals surface area contributed by atoms with Crippen LogP contribution >= 0.6 is 0 Å². The van der Waals surface area contributed by atoms with Gasteiger partial charge in [-0.2, -0.15) is 26.5 Å². The second kappa shape index (κ2) is 3.52. The number of aryl methyl sites for hydroxylation is 1. The molecule has 1 aromatic heterocycles. The lowest BCUT2D eigenvalue weighted by Gasteiger charge is -2.01. The number of rotatable bonds is 3. The summed E-state index contributed by atoms with van der Waals surface area (Å²) < 4.78 is 54.6. The standard InChI is InChI=1S/C4H8N4O5S2/c1-3-6-4(14(9,10)11)7-8(3)15(12,13)5-2/h5H,1-2H3,(H,9,10,11). The molecule has 0 aliphatic rings. The van der Waals surface area contributed by atoms with Crippen molar-refractivity contribution in [1.82, 2.24) is 18.9 Å². The van der Waals surface area contributed by atoms with Gasteiger partial charge in [-0.15, -0.1) is 9.19 Å². The van der Waals surface area contributed by atoms with Crippen molar-refractivity contribution in [2.45, 2.75) is 12.1 Å². The zero-order valence-electron chi connectivity index (χ0n) is 7.74. The topological polar surface area (TPSA) is 131 Å². The molecule has 86 valence electrons. The highest BCUT2D eigenvalue weighted by molar-refractivity contribution is 7.88. The van der Waals surface area contributed by atoms with E-state index < -0.39 is 25.5 Å². The molecule has 0 radical (unpaired) electrons. The van der Waals surface area contributed by atoms with Gasteiger partial charge in [-0.05, 0) is 6.92 Å². The summed E-state index contributed by atoms with van der Waals surface area (Å²) in [4.78, 5) is 3.29. The molecular formula is C4H8N4O5S2. The van der Waals surface area contributed by atoms with E-state index in [1.807, 2.05) is 4.72 Å². The Hall–Kier alpha value is -1.04. The van der Waals surface area contributed by atoms with Crippen molar-refractivity contribution in [2.75, 3.05) is 7.05 Å². The van der Waals surface area contributed by atoms with Gasteiger partial charge in [0.15, 0.2) is 0 Å². The lowest BCUT2D eigenvalue weighted by Crippen LogP contribution is -2.28. The average Bonchev–Trinajstić information content (AvgIpc) is 2.47. The second-order valence-corrected chi connectivity index (χ2v) is 5.49. The van der Waals surface area contributed by atoms with Crippen LogP contribution in [0.4, 0.5) is 0 Å². The maximum Gasteiger partial charge on any atom is 0.332 e. The van der Waals surface area contributed by atoms with Gasteiger partial charge in [-0.1, -0.05) is 0 Å². The molecule has 1 aromatic rings. The van der Waals surface area contributed by atoms with Gasteiger partial charge in [-0.3, -0.25) is 4.55 Å². The summed E-state index contributed by atoms with van der Waals surface area (Å²) in [5.74, 6) is -0.183. The van der Waals surface area contributed by atoms with Gasteiger partial charge in [0.25, 0.3) is 5.16 Å². The van der Waals surface area contributed by atoms with Gasteiger partial charge in [0, 0.05) is 7.05 Å². The van der Waals surface area contributed by atoms with Gasteiger partial charge < -0.3 is 0 Å². The molecule has 11 heteroatoms. The van der Waals surface area contributed by atoms with E-state index >= 15 is 0 Å². The molecule has 1 rings (SSSR count). The molecule has 0 atom stereocenters. The van der Waals surface area contributed by atoms with Crippen molar-refractivity contribution in [3.8, 4) is 0 Å². The molecule has 9 nitrogen and oxygen atoms in total. The SMILES string of the molecule is CNS(=O)(=O)n1nc(S(=O)(=O)O)nc1C. The van der Waals surface area contributed by atoms with Gasteiger partial charge in [0.05, 0.1) is 0 Å². The molecule has 0 saturated heterocycles. The van der Waals surface area contributed by atoms with E-state index in [1.165, 1.54) is 6.92 Å². The third-order valence-corrected chi connectivity index (χ3v) is 3.38. The molecule has 1 heterocycles. The monoisotopic (exact) mass is 256 g/mol. The highest BCUT2D eigenvalue weighted by Gasteiger charge is 2.23. The van der Waals surface area contributed by atoms with E-state index in [-0.39, 0.29) is 5.82 Å². The normalized spacial score (nSPS) is 13.0. The van der Waals surface area contributed by atoms with Crippen LogP contribution in [0, 0.1) is 6.92 Å². The van der Waals surface area contributed by atoms with E-state index in [0.717, 1.165) is 7.05 Å². The molecule has 0 saturated carbocycles. The first-order chi connectivity index (χ1) is 6.68. The summed E-state index contributed by atoms with van der Waals surface area (Å²) >= 11 is 0. The smallest absolute Gasteiger partial charge is 0.279 e. The molecule has 2 N–H and O–H groups in total. The van der Waals surface area contributed by atoms with Crippen molar-refractivity contribution in [2.24, 2.45) is 0 Å². The maximum absolute atomic E-state index is 11.2. The summed E-state index contributed by atoms with van der Waals surface area (Å²) in [7, 11) is -7.43.